The van der Waals surface area contributed by atoms with Gasteiger partial charge in [0.2, 0.25) is 5.91 Å². The molecule has 7 heteroatoms. The maximum Gasteiger partial charge on any atom is 0.240 e. The molecule has 0 bridgehead atoms. The van der Waals surface area contributed by atoms with Crippen LogP contribution in [0.4, 0.5) is 4.39 Å². The average Bonchev–Trinajstić information content (AvgIpc) is 3.29. The molecule has 0 spiro atoms. The van der Waals surface area contributed by atoms with E-state index in [1.165, 1.54) is 5.56 Å². The summed E-state index contributed by atoms with van der Waals surface area (Å²) >= 11 is 0. The number of carbonyl (C=O) groups is 1. The van der Waals surface area contributed by atoms with Gasteiger partial charge in [0.25, 0.3) is 0 Å². The summed E-state index contributed by atoms with van der Waals surface area (Å²) in [5, 5.41) is 0. The van der Waals surface area contributed by atoms with Crippen LogP contribution in [-0.4, -0.2) is 73.9 Å². The molecule has 3 heterocycles. The number of hydrazine groups is 1. The number of carbonyl (C=O) groups excluding carboxylic acids is 1. The molecule has 1 aromatic carbocycles. The first-order valence-electron chi connectivity index (χ1n) is 9.50. The maximum atomic E-state index is 14.2. The SMILES string of the molecule is O=C([C@@H]1C[C@@H](F)CN1CC1CNNC1c1ccccc1)N1CCOCC1. The quantitative estimate of drug-likeness (QED) is 0.827. The highest BCUT2D eigenvalue weighted by Gasteiger charge is 2.41. The number of ether oxygens (including phenoxy) is 1. The van der Waals surface area contributed by atoms with Gasteiger partial charge in [-0.25, -0.2) is 9.82 Å². The molecule has 0 saturated carbocycles. The monoisotopic (exact) mass is 362 g/mol. The Morgan fingerprint density at radius 1 is 1.23 bits per heavy atom. The normalized spacial score (nSPS) is 32.9. The van der Waals surface area contributed by atoms with Gasteiger partial charge < -0.3 is 9.64 Å². The molecule has 3 aliphatic rings. The van der Waals surface area contributed by atoms with Gasteiger partial charge in [0.15, 0.2) is 0 Å². The van der Waals surface area contributed by atoms with E-state index >= 15 is 0 Å². The summed E-state index contributed by atoms with van der Waals surface area (Å²) in [6.45, 7) is 4.23. The Balaban J connectivity index is 1.44. The van der Waals surface area contributed by atoms with Gasteiger partial charge in [-0.2, -0.15) is 0 Å². The number of nitrogens with zero attached hydrogens (tertiary/aromatic N) is 2. The molecule has 0 radical (unpaired) electrons. The topological polar surface area (TPSA) is 56.8 Å². The molecule has 26 heavy (non-hydrogen) atoms. The van der Waals surface area contributed by atoms with Crippen molar-refractivity contribution in [1.29, 1.82) is 0 Å². The van der Waals surface area contributed by atoms with Crippen LogP contribution in [-0.2, 0) is 9.53 Å². The lowest BCUT2D eigenvalue weighted by Crippen LogP contribution is -2.50. The standard InChI is InChI=1S/C19H27FN4O2/c20-16-10-17(19(25)23-6-8-26-9-7-23)24(13-16)12-15-11-21-22-18(15)14-4-2-1-3-5-14/h1-5,15-18,21-22H,6-13H2/t15?,16-,17+,18?/m1/s1. The smallest absolute Gasteiger partial charge is 0.240 e. The number of hydrogen-bond donors (Lipinski definition) is 2. The van der Waals surface area contributed by atoms with Crippen molar-refractivity contribution in [2.24, 2.45) is 5.92 Å². The molecule has 1 aromatic rings. The van der Waals surface area contributed by atoms with E-state index < -0.39 is 6.17 Å². The number of benzene rings is 1. The van der Waals surface area contributed by atoms with Crippen LogP contribution in [0.15, 0.2) is 30.3 Å². The van der Waals surface area contributed by atoms with E-state index in [9.17, 15) is 9.18 Å². The summed E-state index contributed by atoms with van der Waals surface area (Å²) in [4.78, 5) is 16.8. The number of nitrogens with one attached hydrogen (secondary N) is 2. The molecule has 2 unspecified atom stereocenters. The van der Waals surface area contributed by atoms with Gasteiger partial charge >= 0.3 is 0 Å². The number of halogens is 1. The molecule has 4 rings (SSSR count). The molecular formula is C19H27FN4O2. The van der Waals surface area contributed by atoms with E-state index in [4.69, 9.17) is 4.74 Å². The zero-order valence-corrected chi connectivity index (χ0v) is 14.9. The summed E-state index contributed by atoms with van der Waals surface area (Å²) in [7, 11) is 0. The second-order valence-corrected chi connectivity index (χ2v) is 7.41. The first-order chi connectivity index (χ1) is 12.7. The minimum atomic E-state index is -0.928. The van der Waals surface area contributed by atoms with Crippen molar-refractivity contribution in [3.05, 3.63) is 35.9 Å². The number of amides is 1. The Kier molecular flexibility index (Phi) is 5.49. The van der Waals surface area contributed by atoms with Crippen molar-refractivity contribution < 1.29 is 13.9 Å². The largest absolute Gasteiger partial charge is 0.378 e. The molecule has 3 aliphatic heterocycles. The van der Waals surface area contributed by atoms with E-state index in [-0.39, 0.29) is 18.0 Å². The Hall–Kier alpha value is -1.54. The van der Waals surface area contributed by atoms with Crippen molar-refractivity contribution in [3.63, 3.8) is 0 Å². The Morgan fingerprint density at radius 3 is 2.77 bits per heavy atom. The fourth-order valence-corrected chi connectivity index (χ4v) is 4.32. The molecule has 142 valence electrons. The second kappa shape index (κ2) is 8.00. The van der Waals surface area contributed by atoms with Gasteiger partial charge in [-0.3, -0.25) is 15.1 Å². The zero-order valence-electron chi connectivity index (χ0n) is 14.9. The number of hydrogen-bond acceptors (Lipinski definition) is 5. The van der Waals surface area contributed by atoms with E-state index in [1.807, 2.05) is 23.1 Å². The van der Waals surface area contributed by atoms with Crippen molar-refractivity contribution in [2.45, 2.75) is 24.7 Å². The van der Waals surface area contributed by atoms with Gasteiger partial charge in [-0.1, -0.05) is 30.3 Å². The molecule has 1 amide bonds. The Labute approximate surface area is 153 Å². The van der Waals surface area contributed by atoms with Crippen LogP contribution in [0, 0.1) is 5.92 Å². The third kappa shape index (κ3) is 3.76. The van der Waals surface area contributed by atoms with Gasteiger partial charge in [-0.15, -0.1) is 0 Å². The van der Waals surface area contributed by atoms with Crippen LogP contribution in [0.5, 0.6) is 0 Å². The van der Waals surface area contributed by atoms with Crippen molar-refractivity contribution in [3.8, 4) is 0 Å². The zero-order chi connectivity index (χ0) is 17.9. The molecular weight excluding hydrogens is 335 g/mol. The van der Waals surface area contributed by atoms with Crippen LogP contribution in [0.25, 0.3) is 0 Å². The van der Waals surface area contributed by atoms with E-state index in [0.29, 0.717) is 51.7 Å². The molecule has 2 N–H and O–H groups in total. The number of alkyl halides is 1. The highest BCUT2D eigenvalue weighted by Crippen LogP contribution is 2.29. The molecule has 3 saturated heterocycles. The summed E-state index contributed by atoms with van der Waals surface area (Å²) in [5.41, 5.74) is 7.78. The third-order valence-electron chi connectivity index (χ3n) is 5.68. The van der Waals surface area contributed by atoms with E-state index in [2.05, 4.69) is 27.9 Å². The highest BCUT2D eigenvalue weighted by atomic mass is 19.1. The average molecular weight is 362 g/mol. The number of rotatable bonds is 4. The molecule has 4 atom stereocenters. The van der Waals surface area contributed by atoms with Crippen LogP contribution >= 0.6 is 0 Å². The first kappa shape index (κ1) is 17.9. The van der Waals surface area contributed by atoms with E-state index in [1.54, 1.807) is 0 Å². The Morgan fingerprint density at radius 2 is 2.00 bits per heavy atom. The van der Waals surface area contributed by atoms with Crippen LogP contribution < -0.4 is 10.9 Å². The fraction of sp³-hybridized carbons (Fsp3) is 0.632. The second-order valence-electron chi connectivity index (χ2n) is 7.41. The predicted octanol–water partition coefficient (Wildman–Crippen LogP) is 0.723. The number of morpholine rings is 1. The first-order valence-corrected chi connectivity index (χ1v) is 9.50. The van der Waals surface area contributed by atoms with E-state index in [0.717, 1.165) is 6.54 Å². The minimum Gasteiger partial charge on any atom is -0.378 e. The molecule has 6 nitrogen and oxygen atoms in total. The number of likely N-dealkylation sites (tertiary alicyclic amines) is 1. The van der Waals surface area contributed by atoms with Crippen LogP contribution in [0.3, 0.4) is 0 Å². The lowest BCUT2D eigenvalue weighted by molar-refractivity contribution is -0.140. The minimum absolute atomic E-state index is 0.0589. The molecule has 0 aromatic heterocycles. The van der Waals surface area contributed by atoms with Gasteiger partial charge in [-0.05, 0) is 5.56 Å². The molecule has 0 aliphatic carbocycles. The molecule has 3 fully saturated rings. The summed E-state index contributed by atoms with van der Waals surface area (Å²) in [6, 6.07) is 10.1. The lowest BCUT2D eigenvalue weighted by Gasteiger charge is -2.33. The van der Waals surface area contributed by atoms with Gasteiger partial charge in [0, 0.05) is 45.1 Å². The summed E-state index contributed by atoms with van der Waals surface area (Å²) in [5.74, 6) is 0.353. The van der Waals surface area contributed by atoms with Crippen molar-refractivity contribution >= 4 is 5.91 Å². The third-order valence-corrected chi connectivity index (χ3v) is 5.68. The fourth-order valence-electron chi connectivity index (χ4n) is 4.32. The summed E-state index contributed by atoms with van der Waals surface area (Å²) < 4.78 is 19.5. The lowest BCUT2D eigenvalue weighted by atomic mass is 9.94. The predicted molar refractivity (Wildman–Crippen MR) is 96.1 cm³/mol. The van der Waals surface area contributed by atoms with Crippen molar-refractivity contribution in [1.82, 2.24) is 20.7 Å². The summed E-state index contributed by atoms with van der Waals surface area (Å²) in [6.07, 6.45) is -0.623. The van der Waals surface area contributed by atoms with Gasteiger partial charge in [0.1, 0.15) is 6.17 Å². The maximum absolute atomic E-state index is 14.2. The highest BCUT2D eigenvalue weighted by molar-refractivity contribution is 5.82. The van der Waals surface area contributed by atoms with Crippen LogP contribution in [0.1, 0.15) is 18.0 Å². The Bertz CT molecular complexity index is 611. The van der Waals surface area contributed by atoms with Crippen molar-refractivity contribution in [2.75, 3.05) is 45.9 Å². The van der Waals surface area contributed by atoms with Gasteiger partial charge in [0.05, 0.1) is 25.3 Å². The van der Waals surface area contributed by atoms with Crippen LogP contribution in [0.2, 0.25) is 0 Å².